The molecule has 21 heavy (non-hydrogen) atoms. The van der Waals surface area contributed by atoms with Crippen LogP contribution in [0, 0.1) is 6.92 Å². The van der Waals surface area contributed by atoms with Crippen molar-refractivity contribution in [1.29, 1.82) is 0 Å². The molecule has 0 saturated carbocycles. The summed E-state index contributed by atoms with van der Waals surface area (Å²) in [5.74, 6) is 2.81. The van der Waals surface area contributed by atoms with E-state index in [1.807, 2.05) is 0 Å². The van der Waals surface area contributed by atoms with Gasteiger partial charge in [0.25, 0.3) is 0 Å². The number of hydrogen-bond acceptors (Lipinski definition) is 5. The van der Waals surface area contributed by atoms with Crippen molar-refractivity contribution < 1.29 is 4.74 Å². The molecule has 0 amide bonds. The Balaban J connectivity index is 2.26. The van der Waals surface area contributed by atoms with Gasteiger partial charge in [0.1, 0.15) is 17.5 Å². The average Bonchev–Trinajstić information content (AvgIpc) is 2.87. The van der Waals surface area contributed by atoms with E-state index in [1.54, 1.807) is 0 Å². The third-order valence-electron chi connectivity index (χ3n) is 3.85. The molecule has 5 heteroatoms. The highest BCUT2D eigenvalue weighted by Gasteiger charge is 2.30. The van der Waals surface area contributed by atoms with Crippen molar-refractivity contribution in [2.75, 3.05) is 30.4 Å². The molecule has 1 saturated heterocycles. The number of ether oxygens (including phenoxy) is 1. The molecule has 0 aromatic carbocycles. The standard InChI is InChI=1S/C16H28N4O/c1-5-7-13-18-14(17-9-6-2)12(3)15(19-13)20-16(4)8-10-21-11-16/h5-11H2,1-4H3,(H2,17,18,19,20). The van der Waals surface area contributed by atoms with Crippen LogP contribution in [-0.2, 0) is 11.2 Å². The van der Waals surface area contributed by atoms with Crippen LogP contribution in [0.2, 0.25) is 0 Å². The maximum atomic E-state index is 5.52. The van der Waals surface area contributed by atoms with Gasteiger partial charge in [-0.25, -0.2) is 9.97 Å². The van der Waals surface area contributed by atoms with Crippen molar-refractivity contribution in [1.82, 2.24) is 9.97 Å². The Morgan fingerprint density at radius 1 is 1.19 bits per heavy atom. The van der Waals surface area contributed by atoms with E-state index in [0.29, 0.717) is 0 Å². The second kappa shape index (κ2) is 7.07. The van der Waals surface area contributed by atoms with Crippen molar-refractivity contribution in [3.63, 3.8) is 0 Å². The molecule has 1 atom stereocenters. The molecule has 2 rings (SSSR count). The smallest absolute Gasteiger partial charge is 0.135 e. The first-order chi connectivity index (χ1) is 10.1. The van der Waals surface area contributed by atoms with Crippen LogP contribution >= 0.6 is 0 Å². The van der Waals surface area contributed by atoms with Gasteiger partial charge in [0, 0.05) is 25.1 Å². The monoisotopic (exact) mass is 292 g/mol. The molecule has 0 radical (unpaired) electrons. The topological polar surface area (TPSA) is 59.1 Å². The number of hydrogen-bond donors (Lipinski definition) is 2. The molecular weight excluding hydrogens is 264 g/mol. The largest absolute Gasteiger partial charge is 0.379 e. The van der Waals surface area contributed by atoms with Gasteiger partial charge >= 0.3 is 0 Å². The maximum Gasteiger partial charge on any atom is 0.135 e. The average molecular weight is 292 g/mol. The summed E-state index contributed by atoms with van der Waals surface area (Å²) >= 11 is 0. The number of rotatable bonds is 7. The first-order valence-electron chi connectivity index (χ1n) is 8.05. The Kier molecular flexibility index (Phi) is 5.39. The molecule has 1 aliphatic heterocycles. The van der Waals surface area contributed by atoms with E-state index in [4.69, 9.17) is 9.72 Å². The molecule has 2 N–H and O–H groups in total. The van der Waals surface area contributed by atoms with E-state index in [2.05, 4.69) is 43.3 Å². The van der Waals surface area contributed by atoms with E-state index < -0.39 is 0 Å². The summed E-state index contributed by atoms with van der Waals surface area (Å²) < 4.78 is 5.52. The van der Waals surface area contributed by atoms with Gasteiger partial charge in [-0.05, 0) is 33.1 Å². The maximum absolute atomic E-state index is 5.52. The minimum absolute atomic E-state index is 0.0232. The zero-order valence-electron chi connectivity index (χ0n) is 13.8. The fourth-order valence-corrected chi connectivity index (χ4v) is 2.49. The zero-order chi connectivity index (χ0) is 15.3. The summed E-state index contributed by atoms with van der Waals surface area (Å²) in [7, 11) is 0. The zero-order valence-corrected chi connectivity index (χ0v) is 13.8. The lowest BCUT2D eigenvalue weighted by molar-refractivity contribution is 0.185. The quantitative estimate of drug-likeness (QED) is 0.808. The molecule has 0 aliphatic carbocycles. The highest BCUT2D eigenvalue weighted by atomic mass is 16.5. The second-order valence-electron chi connectivity index (χ2n) is 6.13. The molecule has 5 nitrogen and oxygen atoms in total. The normalized spacial score (nSPS) is 21.5. The third kappa shape index (κ3) is 4.06. The van der Waals surface area contributed by atoms with Gasteiger partial charge in [0.05, 0.1) is 12.1 Å². The fraction of sp³-hybridized carbons (Fsp3) is 0.750. The summed E-state index contributed by atoms with van der Waals surface area (Å²) in [6, 6.07) is 0. The van der Waals surface area contributed by atoms with Crippen LogP contribution in [-0.4, -0.2) is 35.3 Å². The molecule has 118 valence electrons. The molecule has 0 spiro atoms. The van der Waals surface area contributed by atoms with E-state index in [1.165, 1.54) is 0 Å². The summed E-state index contributed by atoms with van der Waals surface area (Å²) in [6.07, 6.45) is 4.05. The number of aromatic nitrogens is 2. The summed E-state index contributed by atoms with van der Waals surface area (Å²) in [4.78, 5) is 9.39. The van der Waals surface area contributed by atoms with Gasteiger partial charge in [-0.15, -0.1) is 0 Å². The Labute approximate surface area is 127 Å². The Morgan fingerprint density at radius 3 is 2.57 bits per heavy atom. The molecular formula is C16H28N4O. The lowest BCUT2D eigenvalue weighted by atomic mass is 10.0. The number of anilines is 2. The van der Waals surface area contributed by atoms with E-state index in [0.717, 1.165) is 68.5 Å². The molecule has 0 bridgehead atoms. The van der Waals surface area contributed by atoms with Crippen LogP contribution in [0.25, 0.3) is 0 Å². The predicted molar refractivity (Wildman–Crippen MR) is 87.0 cm³/mol. The first kappa shape index (κ1) is 16.0. The van der Waals surface area contributed by atoms with E-state index in [9.17, 15) is 0 Å². The van der Waals surface area contributed by atoms with Gasteiger partial charge in [-0.2, -0.15) is 0 Å². The molecule has 1 aromatic rings. The van der Waals surface area contributed by atoms with Crippen LogP contribution in [0.15, 0.2) is 0 Å². The van der Waals surface area contributed by atoms with Crippen molar-refractivity contribution in [2.24, 2.45) is 0 Å². The Bertz CT molecular complexity index is 470. The van der Waals surface area contributed by atoms with Crippen molar-refractivity contribution in [3.05, 3.63) is 11.4 Å². The highest BCUT2D eigenvalue weighted by molar-refractivity contribution is 5.58. The van der Waals surface area contributed by atoms with Gasteiger partial charge < -0.3 is 15.4 Å². The molecule has 1 aliphatic rings. The van der Waals surface area contributed by atoms with Crippen LogP contribution in [0.3, 0.4) is 0 Å². The number of aryl methyl sites for hydroxylation is 1. The van der Waals surface area contributed by atoms with Gasteiger partial charge in [0.15, 0.2) is 0 Å². The Morgan fingerprint density at radius 2 is 1.95 bits per heavy atom. The molecule has 2 heterocycles. The lowest BCUT2D eigenvalue weighted by Crippen LogP contribution is -2.36. The fourth-order valence-electron chi connectivity index (χ4n) is 2.49. The summed E-state index contributed by atoms with van der Waals surface area (Å²) in [6.45, 7) is 11.1. The van der Waals surface area contributed by atoms with Crippen LogP contribution < -0.4 is 10.6 Å². The van der Waals surface area contributed by atoms with Gasteiger partial charge in [-0.3, -0.25) is 0 Å². The van der Waals surface area contributed by atoms with Crippen LogP contribution in [0.4, 0.5) is 11.6 Å². The predicted octanol–water partition coefficient (Wildman–Crippen LogP) is 3.15. The number of nitrogens with one attached hydrogen (secondary N) is 2. The third-order valence-corrected chi connectivity index (χ3v) is 3.85. The van der Waals surface area contributed by atoms with Gasteiger partial charge in [0.2, 0.25) is 0 Å². The summed E-state index contributed by atoms with van der Waals surface area (Å²) in [5, 5.41) is 7.00. The molecule has 1 aromatic heterocycles. The van der Waals surface area contributed by atoms with Crippen molar-refractivity contribution >= 4 is 11.6 Å². The number of nitrogens with zero attached hydrogens (tertiary/aromatic N) is 2. The highest BCUT2D eigenvalue weighted by Crippen LogP contribution is 2.27. The van der Waals surface area contributed by atoms with Crippen molar-refractivity contribution in [2.45, 2.75) is 58.9 Å². The minimum atomic E-state index is -0.0232. The summed E-state index contributed by atoms with van der Waals surface area (Å²) in [5.41, 5.74) is 1.07. The molecule has 1 fully saturated rings. The first-order valence-corrected chi connectivity index (χ1v) is 8.05. The molecule has 1 unspecified atom stereocenters. The lowest BCUT2D eigenvalue weighted by Gasteiger charge is -2.26. The second-order valence-corrected chi connectivity index (χ2v) is 6.13. The minimum Gasteiger partial charge on any atom is -0.379 e. The van der Waals surface area contributed by atoms with E-state index in [-0.39, 0.29) is 5.54 Å². The Hall–Kier alpha value is -1.36. The van der Waals surface area contributed by atoms with Crippen LogP contribution in [0.1, 0.15) is 51.4 Å². The van der Waals surface area contributed by atoms with E-state index >= 15 is 0 Å². The van der Waals surface area contributed by atoms with Crippen LogP contribution in [0.5, 0.6) is 0 Å². The van der Waals surface area contributed by atoms with Gasteiger partial charge in [-0.1, -0.05) is 13.8 Å². The van der Waals surface area contributed by atoms with Crippen molar-refractivity contribution in [3.8, 4) is 0 Å². The SMILES string of the molecule is CCCNc1nc(CCC)nc(NC2(C)CCOC2)c1C.